The molecule has 0 saturated heterocycles. The van der Waals surface area contributed by atoms with Crippen molar-refractivity contribution in [1.82, 2.24) is 10.6 Å². The average molecular weight is 329 g/mol. The minimum absolute atomic E-state index is 0.00460. The van der Waals surface area contributed by atoms with E-state index in [1.54, 1.807) is 0 Å². The molecule has 2 atom stereocenters. The maximum absolute atomic E-state index is 13.9. The van der Waals surface area contributed by atoms with Gasteiger partial charge in [0.15, 0.2) is 5.96 Å². The number of guanidine groups is 1. The van der Waals surface area contributed by atoms with Crippen LogP contribution in [0.25, 0.3) is 0 Å². The van der Waals surface area contributed by atoms with Crippen molar-refractivity contribution < 1.29 is 8.78 Å². The van der Waals surface area contributed by atoms with E-state index in [1.165, 1.54) is 18.2 Å². The SMILES string of the molecule is CCNC(=NCc1ccccc1)NC1CC1c1c(F)cccc1F. The van der Waals surface area contributed by atoms with Crippen LogP contribution in [0.4, 0.5) is 8.78 Å². The number of halogens is 2. The summed E-state index contributed by atoms with van der Waals surface area (Å²) >= 11 is 0. The Morgan fingerprint density at radius 2 is 1.79 bits per heavy atom. The molecule has 0 radical (unpaired) electrons. The van der Waals surface area contributed by atoms with Crippen LogP contribution < -0.4 is 10.6 Å². The van der Waals surface area contributed by atoms with Crippen LogP contribution in [0.3, 0.4) is 0 Å². The van der Waals surface area contributed by atoms with Gasteiger partial charge in [-0.2, -0.15) is 0 Å². The molecule has 126 valence electrons. The highest BCUT2D eigenvalue weighted by Crippen LogP contribution is 2.43. The van der Waals surface area contributed by atoms with E-state index in [0.717, 1.165) is 12.1 Å². The molecule has 2 aromatic rings. The van der Waals surface area contributed by atoms with Gasteiger partial charge in [0.2, 0.25) is 0 Å². The van der Waals surface area contributed by atoms with E-state index in [0.29, 0.717) is 18.9 Å². The van der Waals surface area contributed by atoms with Gasteiger partial charge in [-0.25, -0.2) is 13.8 Å². The molecule has 0 aliphatic heterocycles. The second kappa shape index (κ2) is 7.43. The van der Waals surface area contributed by atoms with Crippen molar-refractivity contribution in [3.63, 3.8) is 0 Å². The van der Waals surface area contributed by atoms with Gasteiger partial charge < -0.3 is 10.6 Å². The van der Waals surface area contributed by atoms with Gasteiger partial charge in [-0.3, -0.25) is 0 Å². The summed E-state index contributed by atoms with van der Waals surface area (Å²) in [5.41, 5.74) is 1.29. The third-order valence-electron chi connectivity index (χ3n) is 4.09. The zero-order chi connectivity index (χ0) is 16.9. The summed E-state index contributed by atoms with van der Waals surface area (Å²) in [6.07, 6.45) is 0.702. The lowest BCUT2D eigenvalue weighted by molar-refractivity contribution is 0.553. The first-order chi connectivity index (χ1) is 11.7. The second-order valence-electron chi connectivity index (χ2n) is 5.91. The first kappa shape index (κ1) is 16.4. The number of rotatable bonds is 5. The molecule has 0 aromatic heterocycles. The molecule has 1 aliphatic carbocycles. The highest BCUT2D eigenvalue weighted by Gasteiger charge is 2.42. The molecule has 5 heteroatoms. The normalized spacial score (nSPS) is 19.9. The molecule has 2 unspecified atom stereocenters. The summed E-state index contributed by atoms with van der Waals surface area (Å²) in [7, 11) is 0. The molecule has 3 nitrogen and oxygen atoms in total. The summed E-state index contributed by atoms with van der Waals surface area (Å²) < 4.78 is 27.7. The molecule has 3 rings (SSSR count). The van der Waals surface area contributed by atoms with Crippen molar-refractivity contribution in [1.29, 1.82) is 0 Å². The van der Waals surface area contributed by atoms with Crippen LogP contribution in [0, 0.1) is 11.6 Å². The Morgan fingerprint density at radius 1 is 1.08 bits per heavy atom. The van der Waals surface area contributed by atoms with Crippen LogP contribution in [0.15, 0.2) is 53.5 Å². The number of nitrogens with zero attached hydrogens (tertiary/aromatic N) is 1. The fourth-order valence-corrected chi connectivity index (χ4v) is 2.79. The monoisotopic (exact) mass is 329 g/mol. The highest BCUT2D eigenvalue weighted by atomic mass is 19.1. The first-order valence-electron chi connectivity index (χ1n) is 8.21. The molecule has 24 heavy (non-hydrogen) atoms. The lowest BCUT2D eigenvalue weighted by atomic mass is 10.1. The van der Waals surface area contributed by atoms with Gasteiger partial charge in [-0.05, 0) is 31.0 Å². The smallest absolute Gasteiger partial charge is 0.191 e. The summed E-state index contributed by atoms with van der Waals surface area (Å²) in [6, 6.07) is 14.0. The molecule has 0 spiro atoms. The maximum Gasteiger partial charge on any atom is 0.191 e. The average Bonchev–Trinajstić information content (AvgIpc) is 3.32. The molecule has 2 aromatic carbocycles. The molecular formula is C19H21F2N3. The molecule has 1 aliphatic rings. The molecule has 2 N–H and O–H groups in total. The summed E-state index contributed by atoms with van der Waals surface area (Å²) in [4.78, 5) is 4.54. The van der Waals surface area contributed by atoms with Crippen LogP contribution in [-0.4, -0.2) is 18.5 Å². The van der Waals surface area contributed by atoms with Gasteiger partial charge in [0, 0.05) is 24.1 Å². The highest BCUT2D eigenvalue weighted by molar-refractivity contribution is 5.80. The van der Waals surface area contributed by atoms with Crippen LogP contribution in [0.2, 0.25) is 0 Å². The predicted molar refractivity (Wildman–Crippen MR) is 91.9 cm³/mol. The van der Waals surface area contributed by atoms with Crippen LogP contribution in [0.5, 0.6) is 0 Å². The molecule has 0 bridgehead atoms. The second-order valence-corrected chi connectivity index (χ2v) is 5.91. The van der Waals surface area contributed by atoms with Gasteiger partial charge in [-0.1, -0.05) is 36.4 Å². The summed E-state index contributed by atoms with van der Waals surface area (Å²) in [5, 5.41) is 6.45. The topological polar surface area (TPSA) is 36.4 Å². The van der Waals surface area contributed by atoms with Crippen LogP contribution in [-0.2, 0) is 6.54 Å². The largest absolute Gasteiger partial charge is 0.357 e. The predicted octanol–water partition coefficient (Wildman–Crippen LogP) is 3.58. The van der Waals surface area contributed by atoms with Crippen molar-refractivity contribution in [2.24, 2.45) is 4.99 Å². The Hall–Kier alpha value is -2.43. The maximum atomic E-state index is 13.9. The van der Waals surface area contributed by atoms with Crippen LogP contribution >= 0.6 is 0 Å². The van der Waals surface area contributed by atoms with E-state index in [-0.39, 0.29) is 17.5 Å². The number of hydrogen-bond acceptors (Lipinski definition) is 1. The van der Waals surface area contributed by atoms with Crippen molar-refractivity contribution in [2.75, 3.05) is 6.54 Å². The van der Waals surface area contributed by atoms with Gasteiger partial charge in [0.25, 0.3) is 0 Å². The number of aliphatic imine (C=N–C) groups is 1. The molecule has 1 saturated carbocycles. The fraction of sp³-hybridized carbons (Fsp3) is 0.316. The molecule has 0 heterocycles. The Morgan fingerprint density at radius 3 is 2.46 bits per heavy atom. The van der Waals surface area contributed by atoms with Crippen molar-refractivity contribution in [3.05, 3.63) is 71.3 Å². The number of benzene rings is 2. The van der Waals surface area contributed by atoms with Crippen molar-refractivity contribution >= 4 is 5.96 Å². The minimum Gasteiger partial charge on any atom is -0.357 e. The third kappa shape index (κ3) is 3.91. The molecule has 1 fully saturated rings. The van der Waals surface area contributed by atoms with E-state index < -0.39 is 11.6 Å². The van der Waals surface area contributed by atoms with E-state index in [2.05, 4.69) is 15.6 Å². The molecular weight excluding hydrogens is 308 g/mol. The third-order valence-corrected chi connectivity index (χ3v) is 4.09. The zero-order valence-corrected chi connectivity index (χ0v) is 13.6. The zero-order valence-electron chi connectivity index (χ0n) is 13.6. The van der Waals surface area contributed by atoms with Gasteiger partial charge in [-0.15, -0.1) is 0 Å². The first-order valence-corrected chi connectivity index (χ1v) is 8.21. The van der Waals surface area contributed by atoms with Crippen molar-refractivity contribution in [3.8, 4) is 0 Å². The lowest BCUT2D eigenvalue weighted by Crippen LogP contribution is -2.39. The van der Waals surface area contributed by atoms with E-state index in [1.807, 2.05) is 37.3 Å². The number of nitrogens with one attached hydrogen (secondary N) is 2. The van der Waals surface area contributed by atoms with Crippen LogP contribution in [0.1, 0.15) is 30.4 Å². The van der Waals surface area contributed by atoms with Gasteiger partial charge in [0.05, 0.1) is 6.54 Å². The Balaban J connectivity index is 1.65. The Bertz CT molecular complexity index is 696. The fourth-order valence-electron chi connectivity index (χ4n) is 2.79. The van der Waals surface area contributed by atoms with Crippen molar-refractivity contribution in [2.45, 2.75) is 31.8 Å². The minimum atomic E-state index is -0.476. The standard InChI is InChI=1S/C19H21F2N3/c1-2-22-19(23-12-13-7-4-3-5-8-13)24-17-11-14(17)18-15(20)9-6-10-16(18)21/h3-10,14,17H,2,11-12H2,1H3,(H2,22,23,24). The number of hydrogen-bond donors (Lipinski definition) is 2. The summed E-state index contributed by atoms with van der Waals surface area (Å²) in [5.74, 6) is -0.427. The quantitative estimate of drug-likeness (QED) is 0.650. The van der Waals surface area contributed by atoms with E-state index in [9.17, 15) is 8.78 Å². The molecule has 0 amide bonds. The van der Waals surface area contributed by atoms with E-state index in [4.69, 9.17) is 0 Å². The summed E-state index contributed by atoms with van der Waals surface area (Å²) in [6.45, 7) is 3.27. The Kier molecular flexibility index (Phi) is 5.08. The lowest BCUT2D eigenvalue weighted by Gasteiger charge is -2.12. The van der Waals surface area contributed by atoms with E-state index >= 15 is 0 Å². The van der Waals surface area contributed by atoms with Gasteiger partial charge in [0.1, 0.15) is 11.6 Å². The van der Waals surface area contributed by atoms with Gasteiger partial charge >= 0.3 is 0 Å². The Labute approximate surface area is 140 Å².